The van der Waals surface area contributed by atoms with Gasteiger partial charge in [-0.25, -0.2) is 0 Å². The fourth-order valence-corrected chi connectivity index (χ4v) is 2.71. The number of alkyl halides is 1. The molecule has 0 spiro atoms. The molecule has 0 unspecified atom stereocenters. The molecule has 1 aromatic rings. The van der Waals surface area contributed by atoms with Crippen molar-refractivity contribution < 1.29 is 4.79 Å². The molecule has 1 fully saturated rings. The van der Waals surface area contributed by atoms with E-state index in [1.54, 1.807) is 0 Å². The third-order valence-electron chi connectivity index (χ3n) is 3.86. The molecule has 0 aliphatic heterocycles. The maximum absolute atomic E-state index is 12.2. The first-order valence-corrected chi connectivity index (χ1v) is 7.74. The zero-order valence-electron chi connectivity index (χ0n) is 11.4. The first-order chi connectivity index (χ1) is 9.31. The van der Waals surface area contributed by atoms with Crippen LogP contribution in [0.2, 0.25) is 0 Å². The number of rotatable bonds is 7. The van der Waals surface area contributed by atoms with Crippen molar-refractivity contribution in [3.05, 3.63) is 35.9 Å². The average Bonchev–Trinajstić information content (AvgIpc) is 2.37. The van der Waals surface area contributed by atoms with Gasteiger partial charge in [0.15, 0.2) is 0 Å². The number of carbonyl (C=O) groups is 1. The SMILES string of the molecule is O=C(CCCc1ccccc1)N(CCCl)C1CCC1. The van der Waals surface area contributed by atoms with Crippen molar-refractivity contribution in [3.63, 3.8) is 0 Å². The molecule has 3 heteroatoms. The van der Waals surface area contributed by atoms with Gasteiger partial charge in [-0.2, -0.15) is 0 Å². The van der Waals surface area contributed by atoms with Crippen LogP contribution >= 0.6 is 11.6 Å². The highest BCUT2D eigenvalue weighted by Gasteiger charge is 2.27. The van der Waals surface area contributed by atoms with Gasteiger partial charge in [-0.05, 0) is 37.7 Å². The second-order valence-corrected chi connectivity index (χ2v) is 5.58. The van der Waals surface area contributed by atoms with Gasteiger partial charge >= 0.3 is 0 Å². The number of aryl methyl sites for hydroxylation is 1. The van der Waals surface area contributed by atoms with E-state index in [0.29, 0.717) is 24.9 Å². The van der Waals surface area contributed by atoms with Gasteiger partial charge in [0.1, 0.15) is 0 Å². The highest BCUT2D eigenvalue weighted by atomic mass is 35.5. The molecular weight excluding hydrogens is 258 g/mol. The lowest BCUT2D eigenvalue weighted by atomic mass is 9.91. The molecule has 0 heterocycles. The van der Waals surface area contributed by atoms with Crippen LogP contribution in [0.5, 0.6) is 0 Å². The minimum Gasteiger partial charge on any atom is -0.339 e. The maximum atomic E-state index is 12.2. The molecule has 2 nitrogen and oxygen atoms in total. The number of hydrogen-bond acceptors (Lipinski definition) is 1. The maximum Gasteiger partial charge on any atom is 0.222 e. The summed E-state index contributed by atoms with van der Waals surface area (Å²) in [6.45, 7) is 0.705. The van der Waals surface area contributed by atoms with Crippen LogP contribution < -0.4 is 0 Å². The van der Waals surface area contributed by atoms with Gasteiger partial charge in [-0.15, -0.1) is 11.6 Å². The topological polar surface area (TPSA) is 20.3 Å². The van der Waals surface area contributed by atoms with E-state index in [0.717, 1.165) is 25.7 Å². The number of halogens is 1. The third-order valence-corrected chi connectivity index (χ3v) is 4.03. The quantitative estimate of drug-likeness (QED) is 0.698. The Kier molecular flexibility index (Phi) is 5.71. The molecule has 1 aromatic carbocycles. The smallest absolute Gasteiger partial charge is 0.222 e. The van der Waals surface area contributed by atoms with Crippen LogP contribution in [0, 0.1) is 0 Å². The van der Waals surface area contributed by atoms with E-state index >= 15 is 0 Å². The highest BCUT2D eigenvalue weighted by molar-refractivity contribution is 6.18. The van der Waals surface area contributed by atoms with E-state index < -0.39 is 0 Å². The van der Waals surface area contributed by atoms with Crippen LogP contribution in [0.4, 0.5) is 0 Å². The number of benzene rings is 1. The molecule has 0 atom stereocenters. The second kappa shape index (κ2) is 7.54. The van der Waals surface area contributed by atoms with Crippen molar-refractivity contribution in [2.45, 2.75) is 44.6 Å². The van der Waals surface area contributed by atoms with E-state index in [1.807, 2.05) is 23.1 Å². The first kappa shape index (κ1) is 14.4. The van der Waals surface area contributed by atoms with Crippen molar-refractivity contribution >= 4 is 17.5 Å². The fraction of sp³-hybridized carbons (Fsp3) is 0.562. The molecule has 0 saturated heterocycles. The van der Waals surface area contributed by atoms with Crippen molar-refractivity contribution in [3.8, 4) is 0 Å². The molecule has 0 aromatic heterocycles. The zero-order valence-corrected chi connectivity index (χ0v) is 12.1. The lowest BCUT2D eigenvalue weighted by Crippen LogP contribution is -2.45. The Bertz CT molecular complexity index is 389. The Hall–Kier alpha value is -1.02. The number of amides is 1. The average molecular weight is 280 g/mol. The van der Waals surface area contributed by atoms with Crippen LogP contribution in [0.3, 0.4) is 0 Å². The van der Waals surface area contributed by atoms with Gasteiger partial charge in [0.25, 0.3) is 0 Å². The largest absolute Gasteiger partial charge is 0.339 e. The van der Waals surface area contributed by atoms with Gasteiger partial charge in [-0.3, -0.25) is 4.79 Å². The molecular formula is C16H22ClNO. The molecule has 0 bridgehead atoms. The summed E-state index contributed by atoms with van der Waals surface area (Å²) in [5, 5.41) is 0. The van der Waals surface area contributed by atoms with Crippen LogP contribution in [-0.2, 0) is 11.2 Å². The Morgan fingerprint density at radius 1 is 1.26 bits per heavy atom. The number of carbonyl (C=O) groups excluding carboxylic acids is 1. The summed E-state index contributed by atoms with van der Waals surface area (Å²) in [4.78, 5) is 14.2. The predicted octanol–water partition coefficient (Wildman–Crippen LogP) is 3.63. The van der Waals surface area contributed by atoms with Gasteiger partial charge < -0.3 is 4.90 Å². The molecule has 1 aliphatic carbocycles. The molecule has 2 rings (SSSR count). The van der Waals surface area contributed by atoms with Crippen molar-refractivity contribution in [2.75, 3.05) is 12.4 Å². The van der Waals surface area contributed by atoms with Crippen molar-refractivity contribution in [1.82, 2.24) is 4.90 Å². The fourth-order valence-electron chi connectivity index (χ4n) is 2.53. The summed E-state index contributed by atoms with van der Waals surface area (Å²) < 4.78 is 0. The van der Waals surface area contributed by atoms with Gasteiger partial charge in [-0.1, -0.05) is 30.3 Å². The highest BCUT2D eigenvalue weighted by Crippen LogP contribution is 2.25. The second-order valence-electron chi connectivity index (χ2n) is 5.20. The lowest BCUT2D eigenvalue weighted by molar-refractivity contribution is -0.135. The lowest BCUT2D eigenvalue weighted by Gasteiger charge is -2.37. The zero-order chi connectivity index (χ0) is 13.5. The van der Waals surface area contributed by atoms with Crippen LogP contribution in [0.25, 0.3) is 0 Å². The molecule has 104 valence electrons. The van der Waals surface area contributed by atoms with E-state index in [4.69, 9.17) is 11.6 Å². The van der Waals surface area contributed by atoms with Crippen LogP contribution in [0.1, 0.15) is 37.7 Å². The Morgan fingerprint density at radius 3 is 2.58 bits per heavy atom. The normalized spacial score (nSPS) is 15.0. The van der Waals surface area contributed by atoms with E-state index in [1.165, 1.54) is 12.0 Å². The van der Waals surface area contributed by atoms with Crippen molar-refractivity contribution in [1.29, 1.82) is 0 Å². The molecule has 0 radical (unpaired) electrons. The minimum absolute atomic E-state index is 0.279. The summed E-state index contributed by atoms with van der Waals surface area (Å²) in [7, 11) is 0. The number of hydrogen-bond donors (Lipinski definition) is 0. The molecule has 1 aliphatic rings. The van der Waals surface area contributed by atoms with E-state index in [2.05, 4.69) is 12.1 Å². The monoisotopic (exact) mass is 279 g/mol. The summed E-state index contributed by atoms with van der Waals surface area (Å²) >= 11 is 5.80. The van der Waals surface area contributed by atoms with E-state index in [9.17, 15) is 4.79 Å². The number of nitrogens with zero attached hydrogens (tertiary/aromatic N) is 1. The minimum atomic E-state index is 0.279. The molecule has 19 heavy (non-hydrogen) atoms. The van der Waals surface area contributed by atoms with Gasteiger partial charge in [0.05, 0.1) is 0 Å². The van der Waals surface area contributed by atoms with Crippen molar-refractivity contribution in [2.24, 2.45) is 0 Å². The van der Waals surface area contributed by atoms with Gasteiger partial charge in [0, 0.05) is 24.9 Å². The molecule has 1 saturated carbocycles. The molecule has 1 amide bonds. The summed E-state index contributed by atoms with van der Waals surface area (Å²) in [6, 6.07) is 10.8. The standard InChI is InChI=1S/C16H22ClNO/c17-12-13-18(15-9-5-10-15)16(19)11-4-8-14-6-2-1-3-7-14/h1-3,6-7,15H,4-5,8-13H2. The Morgan fingerprint density at radius 2 is 2.00 bits per heavy atom. The first-order valence-electron chi connectivity index (χ1n) is 7.20. The Balaban J connectivity index is 1.75. The third kappa shape index (κ3) is 4.24. The Labute approximate surface area is 120 Å². The van der Waals surface area contributed by atoms with Crippen LogP contribution in [-0.4, -0.2) is 29.3 Å². The van der Waals surface area contributed by atoms with Crippen LogP contribution in [0.15, 0.2) is 30.3 Å². The summed E-state index contributed by atoms with van der Waals surface area (Å²) in [5.41, 5.74) is 1.31. The predicted molar refractivity (Wildman–Crippen MR) is 79.5 cm³/mol. The summed E-state index contributed by atoms with van der Waals surface area (Å²) in [6.07, 6.45) is 6.10. The van der Waals surface area contributed by atoms with E-state index in [-0.39, 0.29) is 5.91 Å². The summed E-state index contributed by atoms with van der Waals surface area (Å²) in [5.74, 6) is 0.822. The molecule has 0 N–H and O–H groups in total. The van der Waals surface area contributed by atoms with Gasteiger partial charge in [0.2, 0.25) is 5.91 Å².